The molecular weight excluding hydrogens is 306 g/mol. The summed E-state index contributed by atoms with van der Waals surface area (Å²) in [5.74, 6) is 1.05. The van der Waals surface area contributed by atoms with E-state index in [0.29, 0.717) is 23.9 Å². The van der Waals surface area contributed by atoms with Gasteiger partial charge in [0.05, 0.1) is 11.6 Å². The van der Waals surface area contributed by atoms with Crippen molar-refractivity contribution in [3.8, 4) is 0 Å². The van der Waals surface area contributed by atoms with Crippen molar-refractivity contribution in [3.63, 3.8) is 0 Å². The van der Waals surface area contributed by atoms with Crippen LogP contribution >= 0.6 is 0 Å². The molecule has 3 fully saturated rings. The molecule has 2 nitrogen and oxygen atoms in total. The minimum Gasteiger partial charge on any atom is -0.388 e. The third-order valence-electron chi connectivity index (χ3n) is 7.45. The number of aliphatic hydroxyl groups is 1. The molecule has 1 unspecified atom stereocenters. The number of rotatable bonds is 5. The summed E-state index contributed by atoms with van der Waals surface area (Å²) in [4.78, 5) is 2.57. The highest BCUT2D eigenvalue weighted by Gasteiger charge is 2.61. The molecule has 25 heavy (non-hydrogen) atoms. The van der Waals surface area contributed by atoms with Gasteiger partial charge in [-0.2, -0.15) is 0 Å². The molecular formula is C23H35NO. The van der Waals surface area contributed by atoms with E-state index in [-0.39, 0.29) is 0 Å². The van der Waals surface area contributed by atoms with Crippen LogP contribution in [0.4, 0.5) is 0 Å². The van der Waals surface area contributed by atoms with E-state index < -0.39 is 5.60 Å². The average molecular weight is 342 g/mol. The second-order valence-corrected chi connectivity index (χ2v) is 8.90. The van der Waals surface area contributed by atoms with E-state index in [4.69, 9.17) is 0 Å². The van der Waals surface area contributed by atoms with Crippen LogP contribution in [-0.4, -0.2) is 27.7 Å². The predicted molar refractivity (Wildman–Crippen MR) is 103 cm³/mol. The SMILES string of the molecule is C[C@@H]1[C@@H](C(O)(C2CCCCC2)C2CCCCC2)N1Cc1ccccc1. The second kappa shape index (κ2) is 7.40. The largest absolute Gasteiger partial charge is 0.388 e. The molecule has 1 aliphatic heterocycles. The summed E-state index contributed by atoms with van der Waals surface area (Å²) in [6, 6.07) is 11.7. The van der Waals surface area contributed by atoms with Crippen molar-refractivity contribution in [2.24, 2.45) is 11.8 Å². The zero-order chi connectivity index (χ0) is 17.3. The normalized spacial score (nSPS) is 31.8. The van der Waals surface area contributed by atoms with Gasteiger partial charge in [-0.1, -0.05) is 68.9 Å². The molecule has 2 heteroatoms. The van der Waals surface area contributed by atoms with Gasteiger partial charge in [0, 0.05) is 12.6 Å². The molecule has 1 saturated heterocycles. The first-order valence-electron chi connectivity index (χ1n) is 10.7. The van der Waals surface area contributed by atoms with Gasteiger partial charge in [0.25, 0.3) is 0 Å². The van der Waals surface area contributed by atoms with Gasteiger partial charge in [-0.3, -0.25) is 4.90 Å². The summed E-state index contributed by atoms with van der Waals surface area (Å²) in [5.41, 5.74) is 0.932. The maximum Gasteiger partial charge on any atom is 0.0873 e. The van der Waals surface area contributed by atoms with Crippen molar-refractivity contribution in [1.82, 2.24) is 4.90 Å². The maximum atomic E-state index is 12.2. The topological polar surface area (TPSA) is 23.2 Å². The second-order valence-electron chi connectivity index (χ2n) is 8.90. The van der Waals surface area contributed by atoms with Crippen molar-refractivity contribution < 1.29 is 5.11 Å². The van der Waals surface area contributed by atoms with E-state index in [1.165, 1.54) is 69.8 Å². The van der Waals surface area contributed by atoms with Gasteiger partial charge < -0.3 is 5.11 Å². The molecule has 1 N–H and O–H groups in total. The van der Waals surface area contributed by atoms with Crippen LogP contribution in [0.3, 0.4) is 0 Å². The van der Waals surface area contributed by atoms with E-state index >= 15 is 0 Å². The van der Waals surface area contributed by atoms with Crippen LogP contribution in [0.2, 0.25) is 0 Å². The summed E-state index contributed by atoms with van der Waals surface area (Å²) in [6.45, 7) is 3.33. The molecule has 1 aromatic carbocycles. The molecule has 2 saturated carbocycles. The fourth-order valence-electron chi connectivity index (χ4n) is 6.04. The Morgan fingerprint density at radius 3 is 1.92 bits per heavy atom. The van der Waals surface area contributed by atoms with E-state index in [1.54, 1.807) is 0 Å². The number of nitrogens with zero attached hydrogens (tertiary/aromatic N) is 1. The zero-order valence-electron chi connectivity index (χ0n) is 15.9. The summed E-state index contributed by atoms with van der Waals surface area (Å²) in [6.07, 6.45) is 13.0. The molecule has 0 spiro atoms. The van der Waals surface area contributed by atoms with Crippen molar-refractivity contribution in [3.05, 3.63) is 35.9 Å². The lowest BCUT2D eigenvalue weighted by Gasteiger charge is -2.46. The van der Waals surface area contributed by atoms with E-state index in [1.807, 2.05) is 0 Å². The predicted octanol–water partition coefficient (Wildman–Crippen LogP) is 5.15. The summed E-state index contributed by atoms with van der Waals surface area (Å²) < 4.78 is 0. The van der Waals surface area contributed by atoms with Crippen molar-refractivity contribution in [2.45, 2.75) is 95.4 Å². The number of hydrogen-bond acceptors (Lipinski definition) is 2. The minimum absolute atomic E-state index is 0.374. The summed E-state index contributed by atoms with van der Waals surface area (Å²) in [5, 5.41) is 12.2. The smallest absolute Gasteiger partial charge is 0.0873 e. The highest BCUT2D eigenvalue weighted by molar-refractivity contribution is 5.21. The number of hydrogen-bond donors (Lipinski definition) is 1. The Kier molecular flexibility index (Phi) is 5.20. The molecule has 138 valence electrons. The molecule has 4 rings (SSSR count). The Balaban J connectivity index is 1.55. The Hall–Kier alpha value is -0.860. The monoisotopic (exact) mass is 341 g/mol. The van der Waals surface area contributed by atoms with Crippen LogP contribution in [-0.2, 0) is 6.54 Å². The van der Waals surface area contributed by atoms with Crippen molar-refractivity contribution in [1.29, 1.82) is 0 Å². The minimum atomic E-state index is -0.449. The quantitative estimate of drug-likeness (QED) is 0.749. The maximum absolute atomic E-state index is 12.2. The lowest BCUT2D eigenvalue weighted by atomic mass is 9.64. The first kappa shape index (κ1) is 17.5. The zero-order valence-corrected chi connectivity index (χ0v) is 15.9. The Morgan fingerprint density at radius 1 is 0.880 bits per heavy atom. The van der Waals surface area contributed by atoms with Crippen molar-refractivity contribution >= 4 is 0 Å². The first-order valence-corrected chi connectivity index (χ1v) is 10.7. The lowest BCUT2D eigenvalue weighted by Crippen LogP contribution is -2.52. The third kappa shape index (κ3) is 3.40. The van der Waals surface area contributed by atoms with Gasteiger partial charge >= 0.3 is 0 Å². The van der Waals surface area contributed by atoms with Crippen LogP contribution in [0.1, 0.15) is 76.7 Å². The summed E-state index contributed by atoms with van der Waals surface area (Å²) >= 11 is 0. The van der Waals surface area contributed by atoms with E-state index in [9.17, 15) is 5.11 Å². The van der Waals surface area contributed by atoms with Gasteiger partial charge in [-0.05, 0) is 50.0 Å². The standard InChI is InChI=1S/C23H35NO/c1-18-22(24(18)17-19-11-5-2-6-12-19)23(25,20-13-7-3-8-14-20)21-15-9-4-10-16-21/h2,5-6,11-12,18,20-22,25H,3-4,7-10,13-17H2,1H3/t18-,22+,24?/m1/s1. The average Bonchev–Trinajstić information content (AvgIpc) is 3.32. The third-order valence-corrected chi connectivity index (χ3v) is 7.45. The Bertz CT molecular complexity index is 526. The molecule has 1 aromatic rings. The van der Waals surface area contributed by atoms with E-state index in [2.05, 4.69) is 42.2 Å². The number of benzene rings is 1. The molecule has 2 aliphatic carbocycles. The van der Waals surface area contributed by atoms with Gasteiger partial charge in [0.1, 0.15) is 0 Å². The fourth-order valence-corrected chi connectivity index (χ4v) is 6.04. The van der Waals surface area contributed by atoms with E-state index in [0.717, 1.165) is 6.54 Å². The Labute approximate surface area is 153 Å². The van der Waals surface area contributed by atoms with Gasteiger partial charge in [0.2, 0.25) is 0 Å². The highest BCUT2D eigenvalue weighted by atomic mass is 16.3. The van der Waals surface area contributed by atoms with Crippen molar-refractivity contribution in [2.75, 3.05) is 0 Å². The van der Waals surface area contributed by atoms with Crippen LogP contribution < -0.4 is 0 Å². The Morgan fingerprint density at radius 2 is 1.40 bits per heavy atom. The molecule has 0 aromatic heterocycles. The molecule has 3 aliphatic rings. The highest BCUT2D eigenvalue weighted by Crippen LogP contribution is 2.52. The molecule has 0 bridgehead atoms. The van der Waals surface area contributed by atoms with Crippen LogP contribution in [0.25, 0.3) is 0 Å². The lowest BCUT2D eigenvalue weighted by molar-refractivity contribution is -0.101. The molecule has 0 amide bonds. The molecule has 3 atom stereocenters. The van der Waals surface area contributed by atoms with Crippen LogP contribution in [0.15, 0.2) is 30.3 Å². The van der Waals surface area contributed by atoms with Crippen LogP contribution in [0, 0.1) is 11.8 Å². The molecule has 0 radical (unpaired) electrons. The van der Waals surface area contributed by atoms with Gasteiger partial charge in [-0.15, -0.1) is 0 Å². The van der Waals surface area contributed by atoms with Crippen LogP contribution in [0.5, 0.6) is 0 Å². The van der Waals surface area contributed by atoms with Gasteiger partial charge in [-0.25, -0.2) is 0 Å². The first-order chi connectivity index (χ1) is 12.2. The fraction of sp³-hybridized carbons (Fsp3) is 0.739. The van der Waals surface area contributed by atoms with Gasteiger partial charge in [0.15, 0.2) is 0 Å². The molecule has 1 heterocycles. The summed E-state index contributed by atoms with van der Waals surface area (Å²) in [7, 11) is 0.